The quantitative estimate of drug-likeness (QED) is 0.0785. The molecule has 2 N–H and O–H groups in total. The van der Waals surface area contributed by atoms with Crippen molar-refractivity contribution in [2.75, 3.05) is 17.7 Å². The van der Waals surface area contributed by atoms with Gasteiger partial charge in [0.1, 0.15) is 30.8 Å². The van der Waals surface area contributed by atoms with Crippen LogP contribution in [0.15, 0.2) is 50.0 Å². The summed E-state index contributed by atoms with van der Waals surface area (Å²) in [6, 6.07) is 2.83. The molecule has 0 saturated carbocycles. The summed E-state index contributed by atoms with van der Waals surface area (Å²) < 4.78 is 11.5. The number of β-lactam (4-membered cyclic amide) rings is 1. The standard InChI is InChI=1S/C26H24N8O7S4/c1-5-40-31-17(20-30-25(45-32-20)27-12(2)35)21(37)29-18-22(38)34-19(24(39)41-13(3)36)16(11-42-23(18)34)44-26-28-15(10-43-26)14-6-8-33(4)9-7-14/h6-10,18,23H,5,11H2,1-4H3,(H-,27,29,30,32,35,37)/p+1/t18-,23-/m1/s1. The summed E-state index contributed by atoms with van der Waals surface area (Å²) in [5.74, 6) is -3.39. The van der Waals surface area contributed by atoms with Gasteiger partial charge in [0.2, 0.25) is 22.6 Å². The average molecular weight is 690 g/mol. The highest BCUT2D eigenvalue weighted by molar-refractivity contribution is 8.07. The number of thiazole rings is 1. The van der Waals surface area contributed by atoms with Crippen LogP contribution < -0.4 is 15.2 Å². The van der Waals surface area contributed by atoms with Gasteiger partial charge in [0.05, 0.1) is 5.69 Å². The van der Waals surface area contributed by atoms with Crippen LogP contribution in [0.1, 0.15) is 26.6 Å². The van der Waals surface area contributed by atoms with E-state index in [1.165, 1.54) is 46.7 Å². The molecule has 0 aliphatic carbocycles. The second kappa shape index (κ2) is 13.8. The number of amides is 3. The Labute approximate surface area is 272 Å². The Balaban J connectivity index is 1.36. The van der Waals surface area contributed by atoms with Crippen molar-refractivity contribution in [3.63, 3.8) is 0 Å². The fourth-order valence-corrected chi connectivity index (χ4v) is 8.17. The molecule has 0 unspecified atom stereocenters. The number of ether oxygens (including phenoxy) is 1. The summed E-state index contributed by atoms with van der Waals surface area (Å²) in [5, 5.41) is 10.3. The predicted octanol–water partition coefficient (Wildman–Crippen LogP) is 1.68. The molecule has 3 amide bonds. The fourth-order valence-electron chi connectivity index (χ4n) is 4.10. The summed E-state index contributed by atoms with van der Waals surface area (Å²) in [6.45, 7) is 4.21. The molecule has 2 atom stereocenters. The number of anilines is 1. The molecule has 5 heterocycles. The van der Waals surface area contributed by atoms with Gasteiger partial charge < -0.3 is 20.2 Å². The van der Waals surface area contributed by atoms with E-state index in [9.17, 15) is 24.0 Å². The van der Waals surface area contributed by atoms with Crippen molar-refractivity contribution in [3.05, 3.63) is 46.3 Å². The third-order valence-electron chi connectivity index (χ3n) is 6.04. The Morgan fingerprint density at radius 2 is 1.96 bits per heavy atom. The smallest absolute Gasteiger partial charge is 0.363 e. The van der Waals surface area contributed by atoms with E-state index in [1.54, 1.807) is 6.92 Å². The van der Waals surface area contributed by atoms with Crippen LogP contribution in [0.25, 0.3) is 11.3 Å². The topological polar surface area (TPSA) is 186 Å². The van der Waals surface area contributed by atoms with Crippen LogP contribution in [0.2, 0.25) is 0 Å². The molecule has 1 fully saturated rings. The maximum atomic E-state index is 13.4. The maximum Gasteiger partial charge on any atom is 0.363 e. The molecule has 0 bridgehead atoms. The van der Waals surface area contributed by atoms with Gasteiger partial charge in [-0.3, -0.25) is 24.1 Å². The van der Waals surface area contributed by atoms with E-state index in [-0.39, 0.29) is 40.6 Å². The van der Waals surface area contributed by atoms with Crippen LogP contribution in [0, 0.1) is 0 Å². The van der Waals surface area contributed by atoms with Gasteiger partial charge in [-0.05, 0) is 6.92 Å². The molecule has 0 aromatic carbocycles. The molecule has 234 valence electrons. The van der Waals surface area contributed by atoms with Crippen molar-refractivity contribution in [2.45, 2.75) is 36.5 Å². The lowest BCUT2D eigenvalue weighted by Gasteiger charge is -2.49. The Bertz CT molecular complexity index is 1740. The predicted molar refractivity (Wildman–Crippen MR) is 166 cm³/mol. The summed E-state index contributed by atoms with van der Waals surface area (Å²) in [5.41, 5.74) is 1.29. The van der Waals surface area contributed by atoms with E-state index in [2.05, 4.69) is 30.1 Å². The number of fused-ring (bicyclic) bond motifs is 1. The highest BCUT2D eigenvalue weighted by Gasteiger charge is 2.55. The minimum Gasteiger partial charge on any atom is -0.395 e. The number of esters is 2. The first-order chi connectivity index (χ1) is 21.5. The molecule has 2 aliphatic heterocycles. The van der Waals surface area contributed by atoms with Crippen LogP contribution in [0.5, 0.6) is 0 Å². The zero-order chi connectivity index (χ0) is 32.2. The van der Waals surface area contributed by atoms with E-state index in [0.717, 1.165) is 29.7 Å². The monoisotopic (exact) mass is 689 g/mol. The number of nitrogens with zero attached hydrogens (tertiary/aromatic N) is 6. The molecule has 1 saturated heterocycles. The Morgan fingerprint density at radius 1 is 1.20 bits per heavy atom. The van der Waals surface area contributed by atoms with Crippen molar-refractivity contribution >= 4 is 86.9 Å². The first-order valence-corrected chi connectivity index (χ1v) is 16.7. The van der Waals surface area contributed by atoms with Crippen molar-refractivity contribution in [1.82, 2.24) is 24.6 Å². The normalized spacial score (nSPS) is 17.7. The Hall–Kier alpha value is -4.20. The number of thioether (sulfide) groups is 2. The third-order valence-corrected chi connectivity index (χ3v) is 10.2. The lowest BCUT2D eigenvalue weighted by molar-refractivity contribution is -0.671. The van der Waals surface area contributed by atoms with Gasteiger partial charge in [-0.25, -0.2) is 14.3 Å². The zero-order valence-corrected chi connectivity index (χ0v) is 27.4. The highest BCUT2D eigenvalue weighted by atomic mass is 32.2. The number of hydrogen-bond donors (Lipinski definition) is 2. The van der Waals surface area contributed by atoms with E-state index < -0.39 is 35.2 Å². The molecule has 15 nitrogen and oxygen atoms in total. The summed E-state index contributed by atoms with van der Waals surface area (Å²) in [4.78, 5) is 78.5. The number of carbonyl (C=O) groups is 5. The molecule has 0 spiro atoms. The number of pyridine rings is 1. The minimum absolute atomic E-state index is 0.0812. The van der Waals surface area contributed by atoms with Gasteiger partial charge in [0, 0.05) is 59.1 Å². The lowest BCUT2D eigenvalue weighted by atomic mass is 10.0. The van der Waals surface area contributed by atoms with E-state index in [4.69, 9.17) is 9.57 Å². The molecule has 45 heavy (non-hydrogen) atoms. The van der Waals surface area contributed by atoms with Crippen molar-refractivity contribution in [1.29, 1.82) is 0 Å². The lowest BCUT2D eigenvalue weighted by Crippen LogP contribution is -2.71. The summed E-state index contributed by atoms with van der Waals surface area (Å²) in [7, 11) is 1.91. The second-order valence-electron chi connectivity index (χ2n) is 9.33. The SMILES string of the molecule is CCON=C(C(=O)N[C@@H]1C(=O)N2C(C(=O)OC(C)=O)=C(Sc3nc(-c4cc[n+](C)cc4)cs3)CS[C@H]12)c1nsc(NC(C)=O)n1. The zero-order valence-electron chi connectivity index (χ0n) is 24.1. The number of aryl methyl sites for hydroxylation is 1. The highest BCUT2D eigenvalue weighted by Crippen LogP contribution is 2.46. The molecular weight excluding hydrogens is 665 g/mol. The van der Waals surface area contributed by atoms with Crippen LogP contribution in [0.3, 0.4) is 0 Å². The summed E-state index contributed by atoms with van der Waals surface area (Å²) >= 11 is 4.75. The van der Waals surface area contributed by atoms with Crippen molar-refractivity contribution in [2.24, 2.45) is 12.2 Å². The van der Waals surface area contributed by atoms with E-state index in [1.807, 2.05) is 41.5 Å². The number of carbonyl (C=O) groups excluding carboxylic acids is 5. The van der Waals surface area contributed by atoms with E-state index >= 15 is 0 Å². The molecular formula is C26H25N8O7S4+. The van der Waals surface area contributed by atoms with Crippen molar-refractivity contribution in [3.8, 4) is 11.3 Å². The van der Waals surface area contributed by atoms with Gasteiger partial charge in [-0.1, -0.05) is 16.9 Å². The van der Waals surface area contributed by atoms with Gasteiger partial charge >= 0.3 is 11.9 Å². The van der Waals surface area contributed by atoms with Gasteiger partial charge in [0.15, 0.2) is 16.7 Å². The van der Waals surface area contributed by atoms with Gasteiger partial charge in [-0.15, -0.1) is 23.1 Å². The Morgan fingerprint density at radius 3 is 2.64 bits per heavy atom. The summed E-state index contributed by atoms with van der Waals surface area (Å²) in [6.07, 6.45) is 3.81. The van der Waals surface area contributed by atoms with Crippen molar-refractivity contribution < 1.29 is 38.1 Å². The molecule has 5 rings (SSSR count). The average Bonchev–Trinajstić information content (AvgIpc) is 3.65. The largest absolute Gasteiger partial charge is 0.395 e. The first kappa shape index (κ1) is 32.2. The number of oxime groups is 1. The number of nitrogens with one attached hydrogen (secondary N) is 2. The third kappa shape index (κ3) is 7.21. The second-order valence-corrected chi connectivity index (χ2v) is 13.4. The van der Waals surface area contributed by atoms with Gasteiger partial charge in [-0.2, -0.15) is 9.36 Å². The molecule has 2 aliphatic rings. The van der Waals surface area contributed by atoms with Gasteiger partial charge in [0.25, 0.3) is 11.8 Å². The molecule has 3 aromatic rings. The van der Waals surface area contributed by atoms with E-state index in [0.29, 0.717) is 9.24 Å². The minimum atomic E-state index is -1.04. The van der Waals surface area contributed by atoms with Crippen LogP contribution >= 0.6 is 46.4 Å². The molecule has 0 radical (unpaired) electrons. The van der Waals surface area contributed by atoms with Crippen LogP contribution in [0.4, 0.5) is 5.13 Å². The first-order valence-electron chi connectivity index (χ1n) is 13.2. The fraction of sp³-hybridized carbons (Fsp3) is 0.308. The number of hydrogen-bond acceptors (Lipinski definition) is 15. The number of aromatic nitrogens is 4. The maximum absolute atomic E-state index is 13.4. The van der Waals surface area contributed by atoms with Crippen LogP contribution in [-0.2, 0) is 40.6 Å². The van der Waals surface area contributed by atoms with Crippen LogP contribution in [-0.4, -0.2) is 78.4 Å². The molecule has 19 heteroatoms. The molecule has 3 aromatic heterocycles. The number of rotatable bonds is 10. The Kier molecular flexibility index (Phi) is 9.90.